The van der Waals surface area contributed by atoms with E-state index in [1.807, 2.05) is 0 Å². The molecule has 0 saturated heterocycles. The lowest BCUT2D eigenvalue weighted by atomic mass is 10.2. The number of nitrogens with one attached hydrogen (secondary N) is 1. The van der Waals surface area contributed by atoms with Gasteiger partial charge < -0.3 is 0 Å². The van der Waals surface area contributed by atoms with Gasteiger partial charge in [0.1, 0.15) is 0 Å². The Morgan fingerprint density at radius 1 is 1.21 bits per heavy atom. The minimum atomic E-state index is -4.32. The Balaban J connectivity index is 2.73. The maximum absolute atomic E-state index is 12.1. The Labute approximate surface area is 82.6 Å². The molecule has 6 heteroatoms. The summed E-state index contributed by atoms with van der Waals surface area (Å²) in [6, 6.07) is 4.53. The van der Waals surface area contributed by atoms with Crippen LogP contribution >= 0.6 is 11.9 Å². The Hall–Kier alpha value is -1.17. The second-order valence-corrected chi connectivity index (χ2v) is 3.27. The number of benzene rings is 1. The van der Waals surface area contributed by atoms with Gasteiger partial charge in [-0.3, -0.25) is 9.52 Å². The molecular weight excluding hydrogens is 215 g/mol. The van der Waals surface area contributed by atoms with E-state index in [1.54, 1.807) is 0 Å². The van der Waals surface area contributed by atoms with Crippen molar-refractivity contribution in [3.05, 3.63) is 29.8 Å². The zero-order valence-electron chi connectivity index (χ0n) is 6.84. The highest BCUT2D eigenvalue weighted by atomic mass is 32.2. The number of amides is 1. The van der Waals surface area contributed by atoms with Gasteiger partial charge >= 0.3 is 6.18 Å². The Morgan fingerprint density at radius 2 is 1.79 bits per heavy atom. The lowest BCUT2D eigenvalue weighted by molar-refractivity contribution is -0.137. The summed E-state index contributed by atoms with van der Waals surface area (Å²) in [5, 5.41) is 0. The quantitative estimate of drug-likeness (QED) is 0.627. The molecule has 14 heavy (non-hydrogen) atoms. The zero-order valence-corrected chi connectivity index (χ0v) is 7.65. The molecular formula is C8H6F3NOS. The molecule has 0 unspecified atom stereocenters. The molecule has 0 spiro atoms. The molecule has 0 aliphatic heterocycles. The van der Waals surface area contributed by atoms with Crippen LogP contribution in [0.15, 0.2) is 29.2 Å². The van der Waals surface area contributed by atoms with Crippen LogP contribution in [0.4, 0.5) is 13.2 Å². The van der Waals surface area contributed by atoms with Crippen LogP contribution in [-0.2, 0) is 11.0 Å². The van der Waals surface area contributed by atoms with Crippen molar-refractivity contribution in [2.24, 2.45) is 0 Å². The summed E-state index contributed by atoms with van der Waals surface area (Å²) in [6.07, 6.45) is -3.86. The van der Waals surface area contributed by atoms with Gasteiger partial charge in [-0.25, -0.2) is 0 Å². The Kier molecular flexibility index (Phi) is 3.40. The van der Waals surface area contributed by atoms with Gasteiger partial charge in [0.15, 0.2) is 0 Å². The van der Waals surface area contributed by atoms with Crippen LogP contribution in [0.1, 0.15) is 5.56 Å². The summed E-state index contributed by atoms with van der Waals surface area (Å²) in [5.74, 6) is 0. The van der Waals surface area contributed by atoms with Gasteiger partial charge in [0.05, 0.1) is 5.56 Å². The molecule has 1 aromatic carbocycles. The fraction of sp³-hybridized carbons (Fsp3) is 0.125. The SMILES string of the molecule is O=CNSc1ccc(C(F)(F)F)cc1. The molecule has 2 nitrogen and oxygen atoms in total. The van der Waals surface area contributed by atoms with Crippen LogP contribution in [0, 0.1) is 0 Å². The van der Waals surface area contributed by atoms with Gasteiger partial charge in [0, 0.05) is 4.90 Å². The van der Waals surface area contributed by atoms with Crippen molar-refractivity contribution in [1.29, 1.82) is 0 Å². The van der Waals surface area contributed by atoms with Crippen LogP contribution in [0.5, 0.6) is 0 Å². The fourth-order valence-electron chi connectivity index (χ4n) is 0.804. The molecule has 0 radical (unpaired) electrons. The highest BCUT2D eigenvalue weighted by Crippen LogP contribution is 2.30. The van der Waals surface area contributed by atoms with Gasteiger partial charge in [0.2, 0.25) is 6.41 Å². The number of carbonyl (C=O) groups excluding carboxylic acids is 1. The summed E-state index contributed by atoms with van der Waals surface area (Å²) in [4.78, 5) is 10.4. The number of alkyl halides is 3. The first-order valence-electron chi connectivity index (χ1n) is 3.57. The predicted octanol–water partition coefficient (Wildman–Crippen LogP) is 2.46. The molecule has 0 heterocycles. The molecule has 0 aromatic heterocycles. The monoisotopic (exact) mass is 221 g/mol. The highest BCUT2D eigenvalue weighted by molar-refractivity contribution is 7.97. The van der Waals surface area contributed by atoms with E-state index in [0.29, 0.717) is 11.3 Å². The third-order valence-electron chi connectivity index (χ3n) is 1.41. The molecule has 0 aliphatic rings. The second-order valence-electron chi connectivity index (χ2n) is 2.36. The van der Waals surface area contributed by atoms with E-state index in [1.165, 1.54) is 12.1 Å². The summed E-state index contributed by atoms with van der Waals surface area (Å²) < 4.78 is 38.6. The third kappa shape index (κ3) is 2.95. The minimum absolute atomic E-state index is 0.461. The largest absolute Gasteiger partial charge is 0.416 e. The van der Waals surface area contributed by atoms with Crippen molar-refractivity contribution in [2.75, 3.05) is 0 Å². The van der Waals surface area contributed by atoms with Gasteiger partial charge in [-0.15, -0.1) is 0 Å². The van der Waals surface area contributed by atoms with E-state index in [9.17, 15) is 18.0 Å². The summed E-state index contributed by atoms with van der Waals surface area (Å²) >= 11 is 0.954. The van der Waals surface area contributed by atoms with Crippen molar-refractivity contribution in [1.82, 2.24) is 4.72 Å². The fourth-order valence-corrected chi connectivity index (χ4v) is 1.26. The molecule has 1 rings (SSSR count). The van der Waals surface area contributed by atoms with Crippen molar-refractivity contribution in [2.45, 2.75) is 11.1 Å². The van der Waals surface area contributed by atoms with E-state index in [0.717, 1.165) is 24.1 Å². The average molecular weight is 221 g/mol. The van der Waals surface area contributed by atoms with E-state index < -0.39 is 11.7 Å². The molecule has 76 valence electrons. The van der Waals surface area contributed by atoms with Gasteiger partial charge in [-0.1, -0.05) is 0 Å². The molecule has 0 aliphatic carbocycles. The predicted molar refractivity (Wildman–Crippen MR) is 46.5 cm³/mol. The molecule has 1 N–H and O–H groups in total. The maximum Gasteiger partial charge on any atom is 0.416 e. The first-order valence-corrected chi connectivity index (χ1v) is 4.39. The standard InChI is InChI=1S/C8H6F3NOS/c9-8(10,11)6-1-3-7(4-2-6)14-12-5-13/h1-5H,(H,12,13). The average Bonchev–Trinajstić information content (AvgIpc) is 2.14. The van der Waals surface area contributed by atoms with Gasteiger partial charge in [-0.05, 0) is 36.2 Å². The topological polar surface area (TPSA) is 29.1 Å². The molecule has 0 atom stereocenters. The van der Waals surface area contributed by atoms with E-state index >= 15 is 0 Å². The summed E-state index contributed by atoms with van der Waals surface area (Å²) in [5.41, 5.74) is -0.701. The number of hydrogen-bond donors (Lipinski definition) is 1. The van der Waals surface area contributed by atoms with Crippen LogP contribution in [0.25, 0.3) is 0 Å². The van der Waals surface area contributed by atoms with E-state index in [-0.39, 0.29) is 0 Å². The van der Waals surface area contributed by atoms with Crippen molar-refractivity contribution in [3.63, 3.8) is 0 Å². The van der Waals surface area contributed by atoms with Crippen LogP contribution in [-0.4, -0.2) is 6.41 Å². The number of rotatable bonds is 3. The summed E-state index contributed by atoms with van der Waals surface area (Å²) in [6.45, 7) is 0. The molecule has 1 amide bonds. The second kappa shape index (κ2) is 4.36. The molecule has 1 aromatic rings. The first-order chi connectivity index (χ1) is 6.54. The first kappa shape index (κ1) is 10.9. The van der Waals surface area contributed by atoms with Gasteiger partial charge in [-0.2, -0.15) is 13.2 Å². The Bertz CT molecular complexity index is 309. The lowest BCUT2D eigenvalue weighted by Crippen LogP contribution is -2.04. The number of hydrogen-bond acceptors (Lipinski definition) is 2. The lowest BCUT2D eigenvalue weighted by Gasteiger charge is -2.06. The molecule has 0 fully saturated rings. The van der Waals surface area contributed by atoms with Crippen LogP contribution < -0.4 is 4.72 Å². The normalized spacial score (nSPS) is 11.1. The summed E-state index contributed by atoms with van der Waals surface area (Å²) in [7, 11) is 0. The van der Waals surface area contributed by atoms with Crippen LogP contribution in [0.3, 0.4) is 0 Å². The van der Waals surface area contributed by atoms with Crippen molar-refractivity contribution >= 4 is 18.4 Å². The highest BCUT2D eigenvalue weighted by Gasteiger charge is 2.29. The zero-order chi connectivity index (χ0) is 10.6. The Morgan fingerprint density at radius 3 is 2.21 bits per heavy atom. The van der Waals surface area contributed by atoms with Gasteiger partial charge in [0.25, 0.3) is 0 Å². The minimum Gasteiger partial charge on any atom is -0.299 e. The van der Waals surface area contributed by atoms with Crippen molar-refractivity contribution < 1.29 is 18.0 Å². The smallest absolute Gasteiger partial charge is 0.299 e. The molecule has 0 saturated carbocycles. The van der Waals surface area contributed by atoms with E-state index in [4.69, 9.17) is 0 Å². The third-order valence-corrected chi connectivity index (χ3v) is 2.13. The molecule has 0 bridgehead atoms. The van der Waals surface area contributed by atoms with E-state index in [2.05, 4.69) is 4.72 Å². The maximum atomic E-state index is 12.1. The number of carbonyl (C=O) groups is 1. The van der Waals surface area contributed by atoms with Crippen molar-refractivity contribution in [3.8, 4) is 0 Å². The number of halogens is 3. The van der Waals surface area contributed by atoms with Crippen LogP contribution in [0.2, 0.25) is 0 Å².